The van der Waals surface area contributed by atoms with Gasteiger partial charge in [-0.3, -0.25) is 4.98 Å². The highest BCUT2D eigenvalue weighted by Crippen LogP contribution is 2.29. The van der Waals surface area contributed by atoms with Gasteiger partial charge in [0, 0.05) is 17.4 Å². The maximum atomic E-state index is 4.00. The van der Waals surface area contributed by atoms with E-state index in [1.54, 1.807) is 6.20 Å². The summed E-state index contributed by atoms with van der Waals surface area (Å²) in [6.45, 7) is 0. The van der Waals surface area contributed by atoms with Crippen molar-refractivity contribution in [2.45, 2.75) is 0 Å². The summed E-state index contributed by atoms with van der Waals surface area (Å²) in [6.07, 6.45) is 4.65. The normalized spacial score (nSPS) is 10.1. The molecule has 2 heteroatoms. The van der Waals surface area contributed by atoms with Gasteiger partial charge >= 0.3 is 0 Å². The Morgan fingerprint density at radius 1 is 0.789 bits per heavy atom. The van der Waals surface area contributed by atoms with Crippen LogP contribution in [0.2, 0.25) is 0 Å². The third-order valence-electron chi connectivity index (χ3n) is 2.89. The Morgan fingerprint density at radius 3 is 2.37 bits per heavy atom. The van der Waals surface area contributed by atoms with Crippen LogP contribution in [0.3, 0.4) is 0 Å². The molecular formula is C17H13N2. The second-order valence-electron chi connectivity index (χ2n) is 4.20. The van der Waals surface area contributed by atoms with Crippen LogP contribution in [0.15, 0.2) is 72.9 Å². The van der Waals surface area contributed by atoms with Gasteiger partial charge in [0.2, 0.25) is 0 Å². The molecule has 0 saturated heterocycles. The fourth-order valence-electron chi connectivity index (χ4n) is 2.00. The molecule has 91 valence electrons. The van der Waals surface area contributed by atoms with Crippen LogP contribution in [0.25, 0.3) is 11.1 Å². The van der Waals surface area contributed by atoms with Gasteiger partial charge in [0.15, 0.2) is 0 Å². The first-order chi connectivity index (χ1) is 9.43. The number of nitrogens with zero attached hydrogens (tertiary/aromatic N) is 1. The highest BCUT2D eigenvalue weighted by atomic mass is 14.9. The molecule has 19 heavy (non-hydrogen) atoms. The number of pyridine rings is 1. The van der Waals surface area contributed by atoms with Crippen molar-refractivity contribution < 1.29 is 0 Å². The Labute approximate surface area is 112 Å². The Morgan fingerprint density at radius 2 is 1.58 bits per heavy atom. The lowest BCUT2D eigenvalue weighted by Crippen LogP contribution is -1.93. The standard InChI is InChI=1S/C17H13N2/c1-2-7-14(8-3-1)16-10-4-5-11-17(16)19-15-9-6-12-18-13-15/h1-12,19H. The third kappa shape index (κ3) is 2.63. The second-order valence-corrected chi connectivity index (χ2v) is 4.20. The summed E-state index contributed by atoms with van der Waals surface area (Å²) in [7, 11) is 0. The molecule has 0 atom stereocenters. The van der Waals surface area contributed by atoms with Crippen molar-refractivity contribution in [2.75, 3.05) is 5.32 Å². The maximum Gasteiger partial charge on any atom is 0.114 e. The van der Waals surface area contributed by atoms with Crippen molar-refractivity contribution in [2.24, 2.45) is 0 Å². The number of anilines is 2. The average molecular weight is 245 g/mol. The van der Waals surface area contributed by atoms with Crippen molar-refractivity contribution in [3.05, 3.63) is 79.1 Å². The van der Waals surface area contributed by atoms with E-state index < -0.39 is 0 Å². The molecular weight excluding hydrogens is 232 g/mol. The zero-order chi connectivity index (χ0) is 12.9. The molecule has 0 aliphatic heterocycles. The minimum absolute atomic E-state index is 0.867. The van der Waals surface area contributed by atoms with Gasteiger partial charge in [-0.2, -0.15) is 0 Å². The first-order valence-corrected chi connectivity index (χ1v) is 6.18. The first-order valence-electron chi connectivity index (χ1n) is 6.18. The van der Waals surface area contributed by atoms with Crippen LogP contribution < -0.4 is 5.32 Å². The lowest BCUT2D eigenvalue weighted by molar-refractivity contribution is 1.31. The first kappa shape index (κ1) is 11.5. The molecule has 0 aliphatic carbocycles. The smallest absolute Gasteiger partial charge is 0.114 e. The summed E-state index contributed by atoms with van der Waals surface area (Å²) >= 11 is 0. The fraction of sp³-hybridized carbons (Fsp3) is 0. The Hall–Kier alpha value is -2.61. The van der Waals surface area contributed by atoms with E-state index in [0.717, 1.165) is 11.4 Å². The number of aromatic nitrogens is 1. The fourth-order valence-corrected chi connectivity index (χ4v) is 2.00. The van der Waals surface area contributed by atoms with E-state index in [1.807, 2.05) is 42.5 Å². The van der Waals surface area contributed by atoms with Crippen LogP contribution in [0.4, 0.5) is 11.4 Å². The molecule has 1 aromatic heterocycles. The average Bonchev–Trinajstić information content (AvgIpc) is 2.50. The summed E-state index contributed by atoms with van der Waals surface area (Å²) in [5.74, 6) is 0. The summed E-state index contributed by atoms with van der Waals surface area (Å²) < 4.78 is 0. The van der Waals surface area contributed by atoms with Crippen LogP contribution >= 0.6 is 0 Å². The largest absolute Gasteiger partial charge is 0.353 e. The van der Waals surface area contributed by atoms with Crippen molar-refractivity contribution in [3.8, 4) is 11.1 Å². The molecule has 2 nitrogen and oxygen atoms in total. The quantitative estimate of drug-likeness (QED) is 0.744. The van der Waals surface area contributed by atoms with Crippen molar-refractivity contribution >= 4 is 11.4 Å². The van der Waals surface area contributed by atoms with Gasteiger partial charge in [-0.05, 0) is 23.8 Å². The minimum Gasteiger partial charge on any atom is -0.353 e. The highest BCUT2D eigenvalue weighted by Gasteiger charge is 2.04. The van der Waals surface area contributed by atoms with E-state index in [1.165, 1.54) is 11.1 Å². The van der Waals surface area contributed by atoms with Crippen LogP contribution in [0.5, 0.6) is 0 Å². The SMILES string of the molecule is [c]1ncccc1Nc1ccccc1-c1ccccc1. The molecule has 0 bridgehead atoms. The molecule has 1 radical (unpaired) electrons. The van der Waals surface area contributed by atoms with Crippen LogP contribution in [-0.4, -0.2) is 4.98 Å². The van der Waals surface area contributed by atoms with Gasteiger partial charge < -0.3 is 5.32 Å². The topological polar surface area (TPSA) is 24.9 Å². The van der Waals surface area contributed by atoms with E-state index in [-0.39, 0.29) is 0 Å². The van der Waals surface area contributed by atoms with E-state index in [9.17, 15) is 0 Å². The molecule has 2 aromatic carbocycles. The maximum absolute atomic E-state index is 4.00. The Balaban J connectivity index is 1.99. The predicted octanol–water partition coefficient (Wildman–Crippen LogP) is 4.29. The van der Waals surface area contributed by atoms with Gasteiger partial charge in [0.25, 0.3) is 0 Å². The molecule has 0 spiro atoms. The van der Waals surface area contributed by atoms with Crippen LogP contribution in [0, 0.1) is 6.20 Å². The van der Waals surface area contributed by atoms with Gasteiger partial charge in [-0.15, -0.1) is 0 Å². The number of nitrogens with one attached hydrogen (secondary N) is 1. The molecule has 0 saturated carbocycles. The Bertz CT molecular complexity index is 648. The molecule has 0 unspecified atom stereocenters. The molecule has 0 aliphatic rings. The molecule has 3 aromatic rings. The Kier molecular flexibility index (Phi) is 3.24. The molecule has 1 N–H and O–H groups in total. The number of rotatable bonds is 3. The lowest BCUT2D eigenvalue weighted by atomic mass is 10.0. The lowest BCUT2D eigenvalue weighted by Gasteiger charge is -2.11. The van der Waals surface area contributed by atoms with Crippen molar-refractivity contribution in [1.82, 2.24) is 4.98 Å². The predicted molar refractivity (Wildman–Crippen MR) is 78.2 cm³/mol. The van der Waals surface area contributed by atoms with Gasteiger partial charge in [-0.25, -0.2) is 0 Å². The molecule has 3 rings (SSSR count). The van der Waals surface area contributed by atoms with Crippen LogP contribution in [0.1, 0.15) is 0 Å². The summed E-state index contributed by atoms with van der Waals surface area (Å²) in [6, 6.07) is 22.4. The zero-order valence-electron chi connectivity index (χ0n) is 10.4. The van der Waals surface area contributed by atoms with Gasteiger partial charge in [-0.1, -0.05) is 48.5 Å². The number of para-hydroxylation sites is 1. The van der Waals surface area contributed by atoms with Gasteiger partial charge in [0.1, 0.15) is 6.20 Å². The van der Waals surface area contributed by atoms with Crippen LogP contribution in [-0.2, 0) is 0 Å². The van der Waals surface area contributed by atoms with E-state index in [0.29, 0.717) is 0 Å². The van der Waals surface area contributed by atoms with E-state index in [4.69, 9.17) is 0 Å². The second kappa shape index (κ2) is 5.36. The number of hydrogen-bond donors (Lipinski definition) is 1. The van der Waals surface area contributed by atoms with E-state index >= 15 is 0 Å². The number of benzene rings is 2. The molecule has 0 fully saturated rings. The molecule has 1 heterocycles. The van der Waals surface area contributed by atoms with Gasteiger partial charge in [0.05, 0.1) is 5.69 Å². The summed E-state index contributed by atoms with van der Waals surface area (Å²) in [4.78, 5) is 4.00. The monoisotopic (exact) mass is 245 g/mol. The highest BCUT2D eigenvalue weighted by molar-refractivity contribution is 5.80. The number of hydrogen-bond acceptors (Lipinski definition) is 2. The van der Waals surface area contributed by atoms with Crippen molar-refractivity contribution in [1.29, 1.82) is 0 Å². The third-order valence-corrected chi connectivity index (χ3v) is 2.89. The summed E-state index contributed by atoms with van der Waals surface area (Å²) in [5, 5.41) is 3.35. The minimum atomic E-state index is 0.867. The zero-order valence-corrected chi connectivity index (χ0v) is 10.4. The summed E-state index contributed by atoms with van der Waals surface area (Å²) in [5.41, 5.74) is 4.28. The van der Waals surface area contributed by atoms with E-state index in [2.05, 4.69) is 40.8 Å². The molecule has 0 amide bonds. The van der Waals surface area contributed by atoms with Crippen molar-refractivity contribution in [3.63, 3.8) is 0 Å².